The van der Waals surface area contributed by atoms with Gasteiger partial charge in [0, 0.05) is 43.2 Å². The van der Waals surface area contributed by atoms with Crippen LogP contribution in [0.5, 0.6) is 0 Å². The van der Waals surface area contributed by atoms with E-state index in [1.165, 1.54) is 82.1 Å². The van der Waals surface area contributed by atoms with Crippen LogP contribution in [0.1, 0.15) is 39.3 Å². The molecule has 4 heteroatoms. The van der Waals surface area contributed by atoms with Gasteiger partial charge in [0.25, 0.3) is 0 Å². The van der Waals surface area contributed by atoms with Gasteiger partial charge in [0.15, 0.2) is 5.82 Å². The average molecular weight is 813 g/mol. The van der Waals surface area contributed by atoms with Gasteiger partial charge in [-0.3, -0.25) is 0 Å². The summed E-state index contributed by atoms with van der Waals surface area (Å²) in [6.45, 7) is 0. The monoisotopic (exact) mass is 812 g/mol. The van der Waals surface area contributed by atoms with E-state index in [9.17, 15) is 0 Å². The van der Waals surface area contributed by atoms with E-state index in [2.05, 4.69) is 206 Å². The first-order valence-corrected chi connectivity index (χ1v) is 22.7. The number of thioether (sulfide) groups is 1. The zero-order valence-electron chi connectivity index (χ0n) is 33.0. The summed E-state index contributed by atoms with van der Waals surface area (Å²) < 4.78 is 0. The summed E-state index contributed by atoms with van der Waals surface area (Å²) in [5.74, 6) is 0.936. The van der Waals surface area contributed by atoms with Gasteiger partial charge in [0.1, 0.15) is 5.03 Å². The van der Waals surface area contributed by atoms with Crippen molar-refractivity contribution in [1.82, 2.24) is 9.97 Å². The van der Waals surface area contributed by atoms with Crippen molar-refractivity contribution in [1.29, 1.82) is 0 Å². The average Bonchev–Trinajstić information content (AvgIpc) is 4.08. The quantitative estimate of drug-likeness (QED) is 0.162. The lowest BCUT2D eigenvalue weighted by Crippen LogP contribution is -2.26. The van der Waals surface area contributed by atoms with Gasteiger partial charge in [0.2, 0.25) is 0 Å². The highest BCUT2D eigenvalue weighted by Crippen LogP contribution is 2.69. The molecule has 0 radical (unpaired) electrons. The molecule has 2 aromatic heterocycles. The zero-order chi connectivity index (χ0) is 40.1. The molecular weight excluding hydrogens is 777 g/mol. The molecule has 2 nitrogen and oxygen atoms in total. The van der Waals surface area contributed by atoms with Crippen LogP contribution >= 0.6 is 23.1 Å². The van der Waals surface area contributed by atoms with Gasteiger partial charge in [-0.25, -0.2) is 9.97 Å². The van der Waals surface area contributed by atoms with Crippen LogP contribution in [0.25, 0.3) is 71.4 Å². The molecule has 9 aromatic rings. The van der Waals surface area contributed by atoms with Crippen molar-refractivity contribution in [3.63, 3.8) is 0 Å². The maximum atomic E-state index is 5.66. The van der Waals surface area contributed by atoms with E-state index >= 15 is 0 Å². The third-order valence-electron chi connectivity index (χ3n) is 13.1. The fourth-order valence-electron chi connectivity index (χ4n) is 10.6. The summed E-state index contributed by atoms with van der Waals surface area (Å²) in [7, 11) is 0. The van der Waals surface area contributed by atoms with E-state index in [1.54, 1.807) is 0 Å². The summed E-state index contributed by atoms with van der Waals surface area (Å²) in [6.07, 6.45) is 7.11. The number of fused-ring (bicyclic) bond motifs is 13. The third-order valence-corrected chi connectivity index (χ3v) is 15.6. The lowest BCUT2D eigenvalue weighted by molar-refractivity contribution is 0.798. The number of aromatic nitrogens is 2. The van der Waals surface area contributed by atoms with Crippen LogP contribution < -0.4 is 0 Å². The van der Waals surface area contributed by atoms with E-state index in [-0.39, 0.29) is 11.2 Å². The van der Waals surface area contributed by atoms with Crippen molar-refractivity contribution < 1.29 is 0 Å². The molecule has 1 spiro atoms. The van der Waals surface area contributed by atoms with Gasteiger partial charge in [0.05, 0.1) is 11.1 Å². The minimum atomic E-state index is -0.547. The van der Waals surface area contributed by atoms with Gasteiger partial charge in [-0.05, 0) is 61.2 Å². The Labute approximate surface area is 363 Å². The van der Waals surface area contributed by atoms with Crippen LogP contribution in [-0.2, 0) is 5.41 Å². The molecule has 4 aliphatic rings. The number of rotatable bonds is 5. The third kappa shape index (κ3) is 5.04. The first-order valence-electron chi connectivity index (χ1n) is 21.0. The molecule has 3 heterocycles. The SMILES string of the molecule is C1=CC2Sc3nc(-c4cccc5c4-c4ccccc4C54c5ccccc5-c5c(-c6ccccc6)sc(-c6ccccc6)c54)nc(-c4ccccc4)c3C2C=C1c1ccccc1. The molecule has 0 bridgehead atoms. The smallest absolute Gasteiger partial charge is 0.161 e. The van der Waals surface area contributed by atoms with Gasteiger partial charge in [-0.2, -0.15) is 0 Å². The van der Waals surface area contributed by atoms with Crippen LogP contribution in [0.3, 0.4) is 0 Å². The number of thiophene rings is 1. The molecule has 7 aromatic carbocycles. The highest BCUT2D eigenvalue weighted by Gasteiger charge is 2.55. The van der Waals surface area contributed by atoms with Gasteiger partial charge in [-0.1, -0.05) is 218 Å². The predicted molar refractivity (Wildman–Crippen MR) is 254 cm³/mol. The van der Waals surface area contributed by atoms with E-state index in [0.29, 0.717) is 0 Å². The fraction of sp³-hybridized carbons (Fsp3) is 0.0526. The van der Waals surface area contributed by atoms with E-state index in [0.717, 1.165) is 27.7 Å². The van der Waals surface area contributed by atoms with Crippen molar-refractivity contribution in [3.8, 4) is 65.8 Å². The number of benzene rings is 7. The van der Waals surface area contributed by atoms with Crippen molar-refractivity contribution >= 4 is 28.7 Å². The molecule has 286 valence electrons. The fourth-order valence-corrected chi connectivity index (χ4v) is 13.3. The van der Waals surface area contributed by atoms with E-state index in [1.807, 2.05) is 23.1 Å². The van der Waals surface area contributed by atoms with Crippen LogP contribution in [0.2, 0.25) is 0 Å². The molecule has 13 rings (SSSR count). The molecule has 61 heavy (non-hydrogen) atoms. The Balaban J connectivity index is 1.08. The predicted octanol–water partition coefficient (Wildman–Crippen LogP) is 14.8. The second kappa shape index (κ2) is 13.6. The Kier molecular flexibility index (Phi) is 7.79. The second-order valence-electron chi connectivity index (χ2n) is 16.2. The molecular formula is C57H36N2S2. The molecule has 3 unspecified atom stereocenters. The Morgan fingerprint density at radius 3 is 1.67 bits per heavy atom. The second-order valence-corrected chi connectivity index (χ2v) is 18.4. The summed E-state index contributed by atoms with van der Waals surface area (Å²) >= 11 is 3.80. The molecule has 3 aliphatic carbocycles. The van der Waals surface area contributed by atoms with Crippen molar-refractivity contribution in [3.05, 3.63) is 240 Å². The molecule has 1 aliphatic heterocycles. The van der Waals surface area contributed by atoms with Gasteiger partial charge < -0.3 is 0 Å². The summed E-state index contributed by atoms with van der Waals surface area (Å²) in [4.78, 5) is 13.9. The molecule has 0 saturated carbocycles. The van der Waals surface area contributed by atoms with Crippen LogP contribution in [-0.4, -0.2) is 15.2 Å². The summed E-state index contributed by atoms with van der Waals surface area (Å²) in [6, 6.07) is 68.6. The molecule has 0 saturated heterocycles. The van der Waals surface area contributed by atoms with Gasteiger partial charge in [-0.15, -0.1) is 11.3 Å². The molecule has 0 amide bonds. The van der Waals surface area contributed by atoms with Crippen molar-refractivity contribution in [2.24, 2.45) is 0 Å². The largest absolute Gasteiger partial charge is 0.228 e. The minimum Gasteiger partial charge on any atom is -0.228 e. The normalized spacial score (nSPS) is 18.5. The van der Waals surface area contributed by atoms with Crippen LogP contribution in [0.15, 0.2) is 211 Å². The molecule has 0 N–H and O–H groups in total. The van der Waals surface area contributed by atoms with E-state index < -0.39 is 5.41 Å². The topological polar surface area (TPSA) is 25.8 Å². The minimum absolute atomic E-state index is 0.164. The highest BCUT2D eigenvalue weighted by molar-refractivity contribution is 8.00. The molecule has 3 atom stereocenters. The first kappa shape index (κ1) is 35.0. The van der Waals surface area contributed by atoms with Crippen LogP contribution in [0, 0.1) is 0 Å². The van der Waals surface area contributed by atoms with Gasteiger partial charge >= 0.3 is 0 Å². The standard InChI is InChI=1S/C57H36N2S2/c1-5-18-35(19-6-1)39-32-33-47-43(34-39)50-52(36-20-7-2-8-21-36)58-55(59-56(50)60-47)42-28-17-31-46-48(42)40-26-13-15-29-44(40)57(46)45-30-16-14-27-41(45)49-51(57)54(38-24-11-4-12-25-38)61-53(49)37-22-9-3-10-23-37/h1-34,43,47H. The van der Waals surface area contributed by atoms with Crippen molar-refractivity contribution in [2.75, 3.05) is 0 Å². The Bertz CT molecular complexity index is 3280. The first-order chi connectivity index (χ1) is 30.3. The lowest BCUT2D eigenvalue weighted by atomic mass is 9.70. The Hall–Kier alpha value is -6.85. The Morgan fingerprint density at radius 2 is 1.00 bits per heavy atom. The lowest BCUT2D eigenvalue weighted by Gasteiger charge is -2.31. The van der Waals surface area contributed by atoms with E-state index in [4.69, 9.17) is 9.97 Å². The highest BCUT2D eigenvalue weighted by atomic mass is 32.2. The maximum absolute atomic E-state index is 5.66. The van der Waals surface area contributed by atoms with Crippen molar-refractivity contribution in [2.45, 2.75) is 21.6 Å². The number of hydrogen-bond donors (Lipinski definition) is 0. The number of allylic oxidation sites excluding steroid dienone is 3. The summed E-state index contributed by atoms with van der Waals surface area (Å²) in [5, 5.41) is 1.32. The maximum Gasteiger partial charge on any atom is 0.161 e. The summed E-state index contributed by atoms with van der Waals surface area (Å²) in [5.41, 5.74) is 19.3. The van der Waals surface area contributed by atoms with Crippen LogP contribution in [0.4, 0.5) is 0 Å². The molecule has 0 fully saturated rings. The number of nitrogens with zero attached hydrogens (tertiary/aromatic N) is 2. The number of hydrogen-bond acceptors (Lipinski definition) is 4. The Morgan fingerprint density at radius 1 is 0.459 bits per heavy atom. The zero-order valence-corrected chi connectivity index (χ0v) is 34.6.